The van der Waals surface area contributed by atoms with Gasteiger partial charge in [0.2, 0.25) is 15.9 Å². The number of methoxy groups -OCH3 is 1. The van der Waals surface area contributed by atoms with Crippen LogP contribution in [0.25, 0.3) is 0 Å². The molecule has 6 nitrogen and oxygen atoms in total. The Kier molecular flexibility index (Phi) is 6.01. The SMILES string of the molecule is CCCS(=O)(=O)N1CCC(C(=O)Nc2ccc(OC)cc2)CC1. The molecule has 1 aliphatic rings. The van der Waals surface area contributed by atoms with Gasteiger partial charge in [0.15, 0.2) is 0 Å². The second-order valence-electron chi connectivity index (χ2n) is 5.71. The second kappa shape index (κ2) is 7.79. The summed E-state index contributed by atoms with van der Waals surface area (Å²) in [6.07, 6.45) is 1.73. The first-order valence-electron chi connectivity index (χ1n) is 7.89. The zero-order valence-electron chi connectivity index (χ0n) is 13.6. The number of benzene rings is 1. The van der Waals surface area contributed by atoms with Gasteiger partial charge >= 0.3 is 0 Å². The van der Waals surface area contributed by atoms with Crippen LogP contribution in [-0.2, 0) is 14.8 Å². The van der Waals surface area contributed by atoms with E-state index < -0.39 is 10.0 Å². The fourth-order valence-electron chi connectivity index (χ4n) is 2.70. The van der Waals surface area contributed by atoms with Gasteiger partial charge in [-0.05, 0) is 43.5 Å². The number of carbonyl (C=O) groups is 1. The average molecular weight is 340 g/mol. The van der Waals surface area contributed by atoms with Crippen LogP contribution >= 0.6 is 0 Å². The van der Waals surface area contributed by atoms with E-state index in [2.05, 4.69) is 5.32 Å². The van der Waals surface area contributed by atoms with E-state index in [0.717, 1.165) is 11.4 Å². The summed E-state index contributed by atoms with van der Waals surface area (Å²) in [6, 6.07) is 7.15. The van der Waals surface area contributed by atoms with E-state index in [1.807, 2.05) is 6.92 Å². The number of sulfonamides is 1. The number of amides is 1. The molecule has 128 valence electrons. The molecule has 1 amide bonds. The molecule has 0 saturated carbocycles. The van der Waals surface area contributed by atoms with Crippen LogP contribution in [0.1, 0.15) is 26.2 Å². The molecule has 1 heterocycles. The average Bonchev–Trinajstić information content (AvgIpc) is 2.55. The van der Waals surface area contributed by atoms with E-state index in [1.54, 1.807) is 31.4 Å². The molecule has 0 bridgehead atoms. The van der Waals surface area contributed by atoms with Crippen molar-refractivity contribution in [2.45, 2.75) is 26.2 Å². The molecule has 0 radical (unpaired) electrons. The van der Waals surface area contributed by atoms with E-state index in [1.165, 1.54) is 4.31 Å². The Hall–Kier alpha value is -1.60. The molecule has 0 atom stereocenters. The summed E-state index contributed by atoms with van der Waals surface area (Å²) >= 11 is 0. The monoisotopic (exact) mass is 340 g/mol. The predicted molar refractivity (Wildman–Crippen MR) is 90.0 cm³/mol. The maximum Gasteiger partial charge on any atom is 0.227 e. The van der Waals surface area contributed by atoms with Crippen LogP contribution in [0, 0.1) is 5.92 Å². The van der Waals surface area contributed by atoms with Crippen LogP contribution < -0.4 is 10.1 Å². The number of carbonyl (C=O) groups excluding carboxylic acids is 1. The smallest absolute Gasteiger partial charge is 0.227 e. The molecule has 1 fully saturated rings. The van der Waals surface area contributed by atoms with Crippen molar-refractivity contribution in [3.63, 3.8) is 0 Å². The lowest BCUT2D eigenvalue weighted by molar-refractivity contribution is -0.120. The van der Waals surface area contributed by atoms with Crippen LogP contribution in [0.3, 0.4) is 0 Å². The summed E-state index contributed by atoms with van der Waals surface area (Å²) < 4.78 is 30.6. The van der Waals surface area contributed by atoms with Crippen LogP contribution in [0.2, 0.25) is 0 Å². The highest BCUT2D eigenvalue weighted by molar-refractivity contribution is 7.89. The Morgan fingerprint density at radius 2 is 1.87 bits per heavy atom. The van der Waals surface area contributed by atoms with Gasteiger partial charge in [0.1, 0.15) is 5.75 Å². The fourth-order valence-corrected chi connectivity index (χ4v) is 4.24. The number of rotatable bonds is 6. The molecular formula is C16H24N2O4S. The fraction of sp³-hybridized carbons (Fsp3) is 0.562. The highest BCUT2D eigenvalue weighted by Crippen LogP contribution is 2.22. The van der Waals surface area contributed by atoms with Crippen LogP contribution in [0.5, 0.6) is 5.75 Å². The van der Waals surface area contributed by atoms with Crippen molar-refractivity contribution in [3.8, 4) is 5.75 Å². The summed E-state index contributed by atoms with van der Waals surface area (Å²) in [6.45, 7) is 2.69. The quantitative estimate of drug-likeness (QED) is 0.860. The lowest BCUT2D eigenvalue weighted by atomic mass is 9.97. The van der Waals surface area contributed by atoms with E-state index in [-0.39, 0.29) is 17.6 Å². The number of anilines is 1. The Morgan fingerprint density at radius 3 is 2.39 bits per heavy atom. The normalized spacial score (nSPS) is 17.0. The number of hydrogen-bond donors (Lipinski definition) is 1. The van der Waals surface area contributed by atoms with Crippen molar-refractivity contribution in [1.29, 1.82) is 0 Å². The van der Waals surface area contributed by atoms with Gasteiger partial charge in [0, 0.05) is 24.7 Å². The largest absolute Gasteiger partial charge is 0.497 e. The van der Waals surface area contributed by atoms with Gasteiger partial charge in [-0.25, -0.2) is 12.7 Å². The minimum atomic E-state index is -3.16. The standard InChI is InChI=1S/C16H24N2O4S/c1-3-12-23(20,21)18-10-8-13(9-11-18)16(19)17-14-4-6-15(22-2)7-5-14/h4-7,13H,3,8-12H2,1-2H3,(H,17,19). The molecular weight excluding hydrogens is 316 g/mol. The van der Waals surface area contributed by atoms with Crippen LogP contribution in [0.4, 0.5) is 5.69 Å². The van der Waals surface area contributed by atoms with Gasteiger partial charge in [0.05, 0.1) is 12.9 Å². The molecule has 0 aromatic heterocycles. The number of ether oxygens (including phenoxy) is 1. The maximum atomic E-state index is 12.3. The predicted octanol–water partition coefficient (Wildman–Crippen LogP) is 2.09. The maximum absolute atomic E-state index is 12.3. The molecule has 1 aromatic rings. The Morgan fingerprint density at radius 1 is 1.26 bits per heavy atom. The molecule has 0 aliphatic carbocycles. The first-order chi connectivity index (χ1) is 11.0. The number of nitrogens with one attached hydrogen (secondary N) is 1. The zero-order chi connectivity index (χ0) is 16.9. The van der Waals surface area contributed by atoms with E-state index in [0.29, 0.717) is 32.4 Å². The molecule has 7 heteroatoms. The topological polar surface area (TPSA) is 75.7 Å². The lowest BCUT2D eigenvalue weighted by Crippen LogP contribution is -2.42. The third kappa shape index (κ3) is 4.68. The summed E-state index contributed by atoms with van der Waals surface area (Å²) in [4.78, 5) is 12.3. The van der Waals surface area contributed by atoms with Crippen molar-refractivity contribution in [3.05, 3.63) is 24.3 Å². The van der Waals surface area contributed by atoms with Crippen LogP contribution in [0.15, 0.2) is 24.3 Å². The molecule has 1 saturated heterocycles. The summed E-state index contributed by atoms with van der Waals surface area (Å²) in [5.74, 6) is 0.709. The van der Waals surface area contributed by atoms with E-state index >= 15 is 0 Å². The van der Waals surface area contributed by atoms with Gasteiger partial charge < -0.3 is 10.1 Å². The second-order valence-corrected chi connectivity index (χ2v) is 7.80. The van der Waals surface area contributed by atoms with Crippen molar-refractivity contribution < 1.29 is 17.9 Å². The van der Waals surface area contributed by atoms with Gasteiger partial charge in [-0.1, -0.05) is 6.92 Å². The lowest BCUT2D eigenvalue weighted by Gasteiger charge is -2.30. The van der Waals surface area contributed by atoms with Gasteiger partial charge in [-0.3, -0.25) is 4.79 Å². The van der Waals surface area contributed by atoms with E-state index in [4.69, 9.17) is 4.74 Å². The van der Waals surface area contributed by atoms with Gasteiger partial charge in [-0.2, -0.15) is 0 Å². The molecule has 1 N–H and O–H groups in total. The minimum absolute atomic E-state index is 0.0530. The van der Waals surface area contributed by atoms with Crippen LogP contribution in [-0.4, -0.2) is 44.6 Å². The highest BCUT2D eigenvalue weighted by atomic mass is 32.2. The number of nitrogens with zero attached hydrogens (tertiary/aromatic N) is 1. The molecule has 1 aromatic carbocycles. The first kappa shape index (κ1) is 17.7. The first-order valence-corrected chi connectivity index (χ1v) is 9.50. The Bertz CT molecular complexity index is 620. The summed E-state index contributed by atoms with van der Waals surface area (Å²) in [7, 11) is -1.57. The third-order valence-corrected chi connectivity index (χ3v) is 6.11. The van der Waals surface area contributed by atoms with Gasteiger partial charge in [-0.15, -0.1) is 0 Å². The number of hydrogen-bond acceptors (Lipinski definition) is 4. The van der Waals surface area contributed by atoms with E-state index in [9.17, 15) is 13.2 Å². The molecule has 0 spiro atoms. The van der Waals surface area contributed by atoms with Gasteiger partial charge in [0.25, 0.3) is 0 Å². The molecule has 0 unspecified atom stereocenters. The zero-order valence-corrected chi connectivity index (χ0v) is 14.4. The summed E-state index contributed by atoms with van der Waals surface area (Å²) in [5.41, 5.74) is 0.719. The van der Waals surface area contributed by atoms with Crippen molar-refractivity contribution in [2.24, 2.45) is 5.92 Å². The Labute approximate surface area is 137 Å². The van der Waals surface area contributed by atoms with Crippen molar-refractivity contribution in [1.82, 2.24) is 4.31 Å². The third-order valence-electron chi connectivity index (χ3n) is 4.04. The Balaban J connectivity index is 1.88. The highest BCUT2D eigenvalue weighted by Gasteiger charge is 2.30. The molecule has 1 aliphatic heterocycles. The summed E-state index contributed by atoms with van der Waals surface area (Å²) in [5, 5.41) is 2.88. The molecule has 2 rings (SSSR count). The molecule has 23 heavy (non-hydrogen) atoms. The van der Waals surface area contributed by atoms with Crippen molar-refractivity contribution in [2.75, 3.05) is 31.3 Å². The number of piperidine rings is 1. The minimum Gasteiger partial charge on any atom is -0.497 e. The van der Waals surface area contributed by atoms with Crippen molar-refractivity contribution >= 4 is 21.6 Å².